The van der Waals surface area contributed by atoms with Gasteiger partial charge >= 0.3 is 5.97 Å². The molecule has 0 aliphatic carbocycles. The second kappa shape index (κ2) is 10.4. The number of nitrogens with zero attached hydrogens (tertiary/aromatic N) is 2. The molecule has 3 aromatic carbocycles. The predicted octanol–water partition coefficient (Wildman–Crippen LogP) is 6.43. The number of amides is 1. The van der Waals surface area contributed by atoms with Gasteiger partial charge in [0, 0.05) is 17.3 Å². The summed E-state index contributed by atoms with van der Waals surface area (Å²) in [5.41, 5.74) is 4.31. The second-order valence-electron chi connectivity index (χ2n) is 7.36. The van der Waals surface area contributed by atoms with Gasteiger partial charge in [0.2, 0.25) is 5.91 Å². The molecular weight excluding hydrogens is 456 g/mol. The Bertz CT molecular complexity index is 1260. The Hall–Kier alpha value is -3.48. The number of halogens is 1. The van der Waals surface area contributed by atoms with Crippen LogP contribution >= 0.6 is 22.9 Å². The summed E-state index contributed by atoms with van der Waals surface area (Å²) in [6.07, 6.45) is 0.175. The van der Waals surface area contributed by atoms with Gasteiger partial charge in [-0.05, 0) is 34.9 Å². The van der Waals surface area contributed by atoms with E-state index in [2.05, 4.69) is 4.98 Å². The molecule has 0 aliphatic heterocycles. The number of aromatic nitrogens is 1. The average Bonchev–Trinajstić information content (AvgIpc) is 3.27. The van der Waals surface area contributed by atoms with Crippen molar-refractivity contribution in [1.29, 1.82) is 0 Å². The highest BCUT2D eigenvalue weighted by Crippen LogP contribution is 2.30. The normalized spacial score (nSPS) is 10.6. The smallest absolute Gasteiger partial charge is 0.310 e. The number of hydrogen-bond donors (Lipinski definition) is 0. The van der Waals surface area contributed by atoms with Gasteiger partial charge in [0.05, 0.1) is 17.8 Å². The Morgan fingerprint density at radius 3 is 2.39 bits per heavy atom. The highest BCUT2D eigenvalue weighted by Gasteiger charge is 2.18. The molecule has 0 saturated carbocycles. The third kappa shape index (κ3) is 5.86. The SMILES string of the molecule is CC(=O)N(c1cccc(Cl)c1)c1nc(COC(=O)Cc2ccc(-c3ccccc3)cc2)cs1. The molecule has 5 nitrogen and oxygen atoms in total. The van der Waals surface area contributed by atoms with Gasteiger partial charge in [-0.15, -0.1) is 11.3 Å². The molecule has 4 aromatic rings. The Labute approximate surface area is 201 Å². The molecule has 0 saturated heterocycles. The molecule has 1 amide bonds. The quantitative estimate of drug-likeness (QED) is 0.288. The largest absolute Gasteiger partial charge is 0.459 e. The number of rotatable bonds is 7. The molecule has 1 aromatic heterocycles. The van der Waals surface area contributed by atoms with Crippen LogP contribution in [0.4, 0.5) is 10.8 Å². The lowest BCUT2D eigenvalue weighted by atomic mass is 10.0. The number of carbonyl (C=O) groups is 2. The van der Waals surface area contributed by atoms with E-state index >= 15 is 0 Å². The molecular formula is C26H21ClN2O3S. The number of thiazole rings is 1. The van der Waals surface area contributed by atoms with Crippen molar-refractivity contribution in [1.82, 2.24) is 4.98 Å². The van der Waals surface area contributed by atoms with Crippen LogP contribution in [0.3, 0.4) is 0 Å². The van der Waals surface area contributed by atoms with Gasteiger partial charge in [-0.25, -0.2) is 4.98 Å². The average molecular weight is 477 g/mol. The van der Waals surface area contributed by atoms with Gasteiger partial charge in [0.15, 0.2) is 5.13 Å². The fourth-order valence-corrected chi connectivity index (χ4v) is 4.38. The van der Waals surface area contributed by atoms with E-state index in [-0.39, 0.29) is 24.9 Å². The first-order chi connectivity index (χ1) is 16.0. The van der Waals surface area contributed by atoms with Crippen molar-refractivity contribution in [2.75, 3.05) is 4.90 Å². The molecule has 1 heterocycles. The standard InChI is InChI=1S/C26H21ClN2O3S/c1-18(30)29(24-9-5-8-22(27)15-24)26-28-23(17-33-26)16-32-25(31)14-19-10-12-21(13-11-19)20-6-3-2-4-7-20/h2-13,15,17H,14,16H2,1H3. The molecule has 0 aliphatic rings. The van der Waals surface area contributed by atoms with E-state index in [0.29, 0.717) is 21.5 Å². The number of anilines is 2. The third-order valence-corrected chi connectivity index (χ3v) is 6.01. The van der Waals surface area contributed by atoms with Gasteiger partial charge < -0.3 is 4.74 Å². The van der Waals surface area contributed by atoms with Gasteiger partial charge in [-0.2, -0.15) is 0 Å². The Kier molecular flexibility index (Phi) is 7.17. The van der Waals surface area contributed by atoms with E-state index in [9.17, 15) is 9.59 Å². The number of carbonyl (C=O) groups excluding carboxylic acids is 2. The third-order valence-electron chi connectivity index (χ3n) is 4.90. The first-order valence-corrected chi connectivity index (χ1v) is 11.6. The number of esters is 1. The van der Waals surface area contributed by atoms with E-state index in [1.807, 2.05) is 54.6 Å². The zero-order valence-electron chi connectivity index (χ0n) is 17.9. The molecule has 0 spiro atoms. The molecule has 33 heavy (non-hydrogen) atoms. The summed E-state index contributed by atoms with van der Waals surface area (Å²) in [5.74, 6) is -0.524. The molecule has 0 atom stereocenters. The maximum atomic E-state index is 12.3. The van der Waals surface area contributed by atoms with Crippen LogP contribution in [-0.2, 0) is 27.4 Å². The van der Waals surface area contributed by atoms with Gasteiger partial charge in [0.25, 0.3) is 0 Å². The Morgan fingerprint density at radius 1 is 0.970 bits per heavy atom. The fraction of sp³-hybridized carbons (Fsp3) is 0.115. The van der Waals surface area contributed by atoms with Crippen molar-refractivity contribution in [3.05, 3.63) is 101 Å². The van der Waals surface area contributed by atoms with E-state index in [1.54, 1.807) is 29.6 Å². The van der Waals surface area contributed by atoms with Crippen molar-refractivity contribution in [2.24, 2.45) is 0 Å². The zero-order valence-corrected chi connectivity index (χ0v) is 19.5. The zero-order chi connectivity index (χ0) is 23.2. The van der Waals surface area contributed by atoms with Gasteiger partial charge in [0.1, 0.15) is 6.61 Å². The maximum Gasteiger partial charge on any atom is 0.310 e. The summed E-state index contributed by atoms with van der Waals surface area (Å²) >= 11 is 7.37. The lowest BCUT2D eigenvalue weighted by Gasteiger charge is -2.18. The predicted molar refractivity (Wildman–Crippen MR) is 132 cm³/mol. The summed E-state index contributed by atoms with van der Waals surface area (Å²) in [6.45, 7) is 1.50. The molecule has 166 valence electrons. The number of benzene rings is 3. The van der Waals surface area contributed by atoms with Crippen LogP contribution in [0.1, 0.15) is 18.2 Å². The number of hydrogen-bond acceptors (Lipinski definition) is 5. The van der Waals surface area contributed by atoms with E-state index < -0.39 is 0 Å². The summed E-state index contributed by atoms with van der Waals surface area (Å²) in [6, 6.07) is 24.9. The van der Waals surface area contributed by atoms with Crippen molar-refractivity contribution in [2.45, 2.75) is 20.0 Å². The van der Waals surface area contributed by atoms with E-state index in [0.717, 1.165) is 16.7 Å². The van der Waals surface area contributed by atoms with Crippen molar-refractivity contribution >= 4 is 45.6 Å². The van der Waals surface area contributed by atoms with E-state index in [4.69, 9.17) is 16.3 Å². The monoisotopic (exact) mass is 476 g/mol. The molecule has 7 heteroatoms. The van der Waals surface area contributed by atoms with Crippen LogP contribution < -0.4 is 4.90 Å². The first-order valence-electron chi connectivity index (χ1n) is 10.3. The Balaban J connectivity index is 1.36. The second-order valence-corrected chi connectivity index (χ2v) is 8.63. The minimum atomic E-state index is -0.338. The lowest BCUT2D eigenvalue weighted by molar-refractivity contribution is -0.144. The molecule has 0 N–H and O–H groups in total. The minimum Gasteiger partial charge on any atom is -0.459 e. The maximum absolute atomic E-state index is 12.3. The van der Waals surface area contributed by atoms with Crippen LogP contribution in [0, 0.1) is 0 Å². The molecule has 4 rings (SSSR count). The van der Waals surface area contributed by atoms with Crippen LogP contribution in [0.5, 0.6) is 0 Å². The molecule has 0 fully saturated rings. The summed E-state index contributed by atoms with van der Waals surface area (Å²) in [4.78, 5) is 30.5. The molecule has 0 bridgehead atoms. The highest BCUT2D eigenvalue weighted by molar-refractivity contribution is 7.14. The van der Waals surface area contributed by atoms with Crippen LogP contribution in [-0.4, -0.2) is 16.9 Å². The number of ether oxygens (including phenoxy) is 1. The molecule has 0 radical (unpaired) electrons. The fourth-order valence-electron chi connectivity index (χ4n) is 3.33. The van der Waals surface area contributed by atoms with Crippen molar-refractivity contribution < 1.29 is 14.3 Å². The van der Waals surface area contributed by atoms with Crippen molar-refractivity contribution in [3.8, 4) is 11.1 Å². The highest BCUT2D eigenvalue weighted by atomic mass is 35.5. The summed E-state index contributed by atoms with van der Waals surface area (Å²) < 4.78 is 5.41. The Morgan fingerprint density at radius 2 is 1.70 bits per heavy atom. The van der Waals surface area contributed by atoms with E-state index in [1.165, 1.54) is 23.2 Å². The van der Waals surface area contributed by atoms with Crippen LogP contribution in [0.15, 0.2) is 84.2 Å². The summed E-state index contributed by atoms with van der Waals surface area (Å²) in [7, 11) is 0. The summed E-state index contributed by atoms with van der Waals surface area (Å²) in [5, 5.41) is 2.80. The lowest BCUT2D eigenvalue weighted by Crippen LogP contribution is -2.22. The van der Waals surface area contributed by atoms with Crippen molar-refractivity contribution in [3.63, 3.8) is 0 Å². The van der Waals surface area contributed by atoms with Crippen LogP contribution in [0.2, 0.25) is 5.02 Å². The van der Waals surface area contributed by atoms with Crippen LogP contribution in [0.25, 0.3) is 11.1 Å². The minimum absolute atomic E-state index is 0.0404. The first kappa shape index (κ1) is 22.7. The van der Waals surface area contributed by atoms with Gasteiger partial charge in [-0.1, -0.05) is 72.3 Å². The molecule has 0 unspecified atom stereocenters. The van der Waals surface area contributed by atoms with Gasteiger partial charge in [-0.3, -0.25) is 14.5 Å². The topological polar surface area (TPSA) is 59.5 Å².